The van der Waals surface area contributed by atoms with Crippen molar-refractivity contribution in [3.63, 3.8) is 0 Å². The van der Waals surface area contributed by atoms with Crippen LogP contribution in [0.4, 0.5) is 0 Å². The van der Waals surface area contributed by atoms with Crippen molar-refractivity contribution in [3.8, 4) is 11.4 Å². The maximum Gasteiger partial charge on any atom is 0.226 e. The molecule has 1 heterocycles. The molecule has 2 aromatic rings. The van der Waals surface area contributed by atoms with Crippen molar-refractivity contribution in [2.45, 2.75) is 26.7 Å². The Hall–Kier alpha value is -1.68. The lowest BCUT2D eigenvalue weighted by Crippen LogP contribution is -2.11. The highest BCUT2D eigenvalue weighted by Gasteiger charge is 2.11. The van der Waals surface area contributed by atoms with Crippen molar-refractivity contribution >= 4 is 0 Å². The quantitative estimate of drug-likeness (QED) is 0.879. The van der Waals surface area contributed by atoms with Gasteiger partial charge in [0.15, 0.2) is 0 Å². The fourth-order valence-electron chi connectivity index (χ4n) is 1.78. The summed E-state index contributed by atoms with van der Waals surface area (Å²) in [5, 5.41) is 4.03. The van der Waals surface area contributed by atoms with E-state index >= 15 is 0 Å². The van der Waals surface area contributed by atoms with Crippen LogP contribution in [0.1, 0.15) is 24.8 Å². The van der Waals surface area contributed by atoms with Crippen LogP contribution in [0.25, 0.3) is 11.4 Å². The Kier molecular flexibility index (Phi) is 4.10. The second-order valence-corrected chi connectivity index (χ2v) is 4.71. The van der Waals surface area contributed by atoms with Crippen molar-refractivity contribution in [1.82, 2.24) is 10.1 Å². The summed E-state index contributed by atoms with van der Waals surface area (Å²) in [4.78, 5) is 4.43. The Balaban J connectivity index is 2.09. The Morgan fingerprint density at radius 2 is 2.11 bits per heavy atom. The molecule has 1 aromatic heterocycles. The van der Waals surface area contributed by atoms with Crippen LogP contribution in [0, 0.1) is 12.8 Å². The fraction of sp³-hybridized carbons (Fsp3) is 0.429. The first kappa shape index (κ1) is 12.8. The zero-order valence-electron chi connectivity index (χ0n) is 10.9. The van der Waals surface area contributed by atoms with Gasteiger partial charge in [0.25, 0.3) is 0 Å². The van der Waals surface area contributed by atoms with Crippen molar-refractivity contribution in [1.29, 1.82) is 0 Å². The topological polar surface area (TPSA) is 64.9 Å². The molecule has 0 bridgehead atoms. The number of nitrogens with zero attached hydrogens (tertiary/aromatic N) is 2. The Morgan fingerprint density at radius 3 is 2.83 bits per heavy atom. The number of hydrogen-bond donors (Lipinski definition) is 1. The molecule has 0 radical (unpaired) electrons. The predicted molar refractivity (Wildman–Crippen MR) is 71.0 cm³/mol. The number of aromatic nitrogens is 2. The van der Waals surface area contributed by atoms with Crippen molar-refractivity contribution in [3.05, 3.63) is 35.7 Å². The van der Waals surface area contributed by atoms with Gasteiger partial charge in [0.2, 0.25) is 11.7 Å². The van der Waals surface area contributed by atoms with E-state index in [2.05, 4.69) is 17.1 Å². The minimum Gasteiger partial charge on any atom is -0.339 e. The molecular formula is C14H19N3O. The van der Waals surface area contributed by atoms with Crippen molar-refractivity contribution < 1.29 is 4.52 Å². The molecule has 1 aromatic carbocycles. The molecule has 0 aliphatic carbocycles. The second-order valence-electron chi connectivity index (χ2n) is 4.71. The van der Waals surface area contributed by atoms with Crippen LogP contribution in [0.2, 0.25) is 0 Å². The molecule has 1 atom stereocenters. The summed E-state index contributed by atoms with van der Waals surface area (Å²) in [6.07, 6.45) is 1.77. The standard InChI is InChI=1S/C14H19N3O/c1-10(9-15)7-8-13-16-14(17-18-13)12-6-4-3-5-11(12)2/h3-6,10H,7-9,15H2,1-2H3. The van der Waals surface area contributed by atoms with Gasteiger partial charge in [-0.3, -0.25) is 0 Å². The lowest BCUT2D eigenvalue weighted by Gasteiger charge is -2.04. The zero-order chi connectivity index (χ0) is 13.0. The second kappa shape index (κ2) is 5.78. The summed E-state index contributed by atoms with van der Waals surface area (Å²) < 4.78 is 5.27. The normalized spacial score (nSPS) is 12.6. The molecule has 96 valence electrons. The average molecular weight is 245 g/mol. The number of hydrogen-bond acceptors (Lipinski definition) is 4. The molecule has 0 amide bonds. The van der Waals surface area contributed by atoms with Crippen LogP contribution in [-0.2, 0) is 6.42 Å². The summed E-state index contributed by atoms with van der Waals surface area (Å²) in [6.45, 7) is 4.86. The number of aryl methyl sites for hydroxylation is 2. The highest BCUT2D eigenvalue weighted by Crippen LogP contribution is 2.20. The smallest absolute Gasteiger partial charge is 0.226 e. The third kappa shape index (κ3) is 2.96. The SMILES string of the molecule is Cc1ccccc1-c1noc(CCC(C)CN)n1. The molecule has 18 heavy (non-hydrogen) atoms. The minimum atomic E-state index is 0.485. The van der Waals surface area contributed by atoms with Gasteiger partial charge in [-0.15, -0.1) is 0 Å². The van der Waals surface area contributed by atoms with Crippen molar-refractivity contribution in [2.75, 3.05) is 6.54 Å². The predicted octanol–water partition coefficient (Wildman–Crippen LogP) is 2.57. The molecular weight excluding hydrogens is 226 g/mol. The molecule has 2 N–H and O–H groups in total. The molecule has 0 aliphatic heterocycles. The summed E-state index contributed by atoms with van der Waals surface area (Å²) in [5.74, 6) is 1.84. The van der Waals surface area contributed by atoms with E-state index in [1.165, 1.54) is 0 Å². The number of nitrogens with two attached hydrogens (primary N) is 1. The number of rotatable bonds is 5. The monoisotopic (exact) mass is 245 g/mol. The Bertz CT molecular complexity index is 507. The van der Waals surface area contributed by atoms with Gasteiger partial charge in [0.05, 0.1) is 0 Å². The molecule has 4 nitrogen and oxygen atoms in total. The van der Waals surface area contributed by atoms with Gasteiger partial charge in [-0.05, 0) is 31.4 Å². The molecule has 0 saturated carbocycles. The van der Waals surface area contributed by atoms with Crippen LogP contribution in [-0.4, -0.2) is 16.7 Å². The zero-order valence-corrected chi connectivity index (χ0v) is 10.9. The number of benzene rings is 1. The molecule has 0 spiro atoms. The van der Waals surface area contributed by atoms with Crippen LogP contribution >= 0.6 is 0 Å². The first-order valence-corrected chi connectivity index (χ1v) is 6.29. The summed E-state index contributed by atoms with van der Waals surface area (Å²) in [5.41, 5.74) is 7.77. The van der Waals surface area contributed by atoms with Crippen LogP contribution in [0.5, 0.6) is 0 Å². The van der Waals surface area contributed by atoms with Crippen LogP contribution < -0.4 is 5.73 Å². The molecule has 0 fully saturated rings. The highest BCUT2D eigenvalue weighted by atomic mass is 16.5. The van der Waals surface area contributed by atoms with E-state index in [4.69, 9.17) is 10.3 Å². The van der Waals surface area contributed by atoms with E-state index in [-0.39, 0.29) is 0 Å². The van der Waals surface area contributed by atoms with Crippen LogP contribution in [0.3, 0.4) is 0 Å². The lowest BCUT2D eigenvalue weighted by molar-refractivity contribution is 0.366. The van der Waals surface area contributed by atoms with Crippen LogP contribution in [0.15, 0.2) is 28.8 Å². The van der Waals surface area contributed by atoms with E-state index in [1.807, 2.05) is 31.2 Å². The van der Waals surface area contributed by atoms with Gasteiger partial charge in [0, 0.05) is 12.0 Å². The first-order chi connectivity index (χ1) is 8.70. The van der Waals surface area contributed by atoms with Crippen molar-refractivity contribution in [2.24, 2.45) is 11.7 Å². The summed E-state index contributed by atoms with van der Waals surface area (Å²) in [7, 11) is 0. The minimum absolute atomic E-state index is 0.485. The molecule has 4 heteroatoms. The van der Waals surface area contributed by atoms with Gasteiger partial charge in [-0.25, -0.2) is 0 Å². The highest BCUT2D eigenvalue weighted by molar-refractivity contribution is 5.58. The fourth-order valence-corrected chi connectivity index (χ4v) is 1.78. The Labute approximate surface area is 107 Å². The third-order valence-corrected chi connectivity index (χ3v) is 3.11. The molecule has 0 aliphatic rings. The van der Waals surface area contributed by atoms with E-state index in [9.17, 15) is 0 Å². The first-order valence-electron chi connectivity index (χ1n) is 6.29. The van der Waals surface area contributed by atoms with Gasteiger partial charge in [-0.2, -0.15) is 4.98 Å². The average Bonchev–Trinajstić information content (AvgIpc) is 2.85. The van der Waals surface area contributed by atoms with E-state index in [1.54, 1.807) is 0 Å². The lowest BCUT2D eigenvalue weighted by atomic mass is 10.1. The summed E-state index contributed by atoms with van der Waals surface area (Å²) in [6, 6.07) is 8.03. The van der Waals surface area contributed by atoms with Gasteiger partial charge < -0.3 is 10.3 Å². The molecule has 2 rings (SSSR count). The third-order valence-electron chi connectivity index (χ3n) is 3.11. The molecule has 1 unspecified atom stereocenters. The largest absolute Gasteiger partial charge is 0.339 e. The van der Waals surface area contributed by atoms with Gasteiger partial charge in [-0.1, -0.05) is 36.3 Å². The molecule has 0 saturated heterocycles. The maximum absolute atomic E-state index is 5.59. The van der Waals surface area contributed by atoms with E-state index < -0.39 is 0 Å². The van der Waals surface area contributed by atoms with E-state index in [0.717, 1.165) is 24.0 Å². The Morgan fingerprint density at radius 1 is 1.33 bits per heavy atom. The van der Waals surface area contributed by atoms with Gasteiger partial charge in [0.1, 0.15) is 0 Å². The van der Waals surface area contributed by atoms with Gasteiger partial charge >= 0.3 is 0 Å². The summed E-state index contributed by atoms with van der Waals surface area (Å²) >= 11 is 0. The van der Waals surface area contributed by atoms with E-state index in [0.29, 0.717) is 24.2 Å². The maximum atomic E-state index is 5.59.